The molecule has 1 aliphatic carbocycles. The van der Waals surface area contributed by atoms with Crippen molar-refractivity contribution in [3.8, 4) is 0 Å². The number of nitrogens with one attached hydrogen (secondary N) is 1. The minimum absolute atomic E-state index is 0.405. The highest BCUT2D eigenvalue weighted by atomic mass is 16.6. The van der Waals surface area contributed by atoms with E-state index in [0.717, 1.165) is 39.0 Å². The van der Waals surface area contributed by atoms with E-state index in [0.29, 0.717) is 23.0 Å². The summed E-state index contributed by atoms with van der Waals surface area (Å²) in [6.07, 6.45) is 8.14. The van der Waals surface area contributed by atoms with Crippen molar-refractivity contribution in [2.45, 2.75) is 56.3 Å². The summed E-state index contributed by atoms with van der Waals surface area (Å²) < 4.78 is 7.73. The van der Waals surface area contributed by atoms with Gasteiger partial charge in [0.05, 0.1) is 6.33 Å². The Bertz CT molecular complexity index is 921. The van der Waals surface area contributed by atoms with Crippen LogP contribution in [0.2, 0.25) is 0 Å². The molecule has 31 heavy (non-hydrogen) atoms. The number of rotatable bonds is 5. The van der Waals surface area contributed by atoms with Gasteiger partial charge < -0.3 is 30.1 Å². The number of nitrogens with zero attached hydrogens (tertiary/aromatic N) is 6. The Morgan fingerprint density at radius 1 is 1.06 bits per heavy atom. The molecule has 10 nitrogen and oxygen atoms in total. The van der Waals surface area contributed by atoms with E-state index in [2.05, 4.69) is 37.1 Å². The number of piperazine rings is 1. The Labute approximate surface area is 181 Å². The summed E-state index contributed by atoms with van der Waals surface area (Å²) >= 11 is 0. The van der Waals surface area contributed by atoms with Gasteiger partial charge in [0, 0.05) is 32.2 Å². The quantitative estimate of drug-likeness (QED) is 0.628. The lowest BCUT2D eigenvalue weighted by Gasteiger charge is -2.31. The third-order valence-corrected chi connectivity index (χ3v) is 6.63. The van der Waals surface area contributed by atoms with E-state index in [4.69, 9.17) is 4.74 Å². The largest absolute Gasteiger partial charge is 0.387 e. The maximum atomic E-state index is 10.7. The second-order valence-electron chi connectivity index (χ2n) is 8.83. The number of anilines is 1. The second-order valence-corrected chi connectivity index (χ2v) is 8.83. The maximum Gasteiger partial charge on any atom is 0.167 e. The molecule has 0 amide bonds. The number of ether oxygens (including phenoxy) is 1. The topological polar surface area (TPSA) is 112 Å². The predicted molar refractivity (Wildman–Crippen MR) is 115 cm³/mol. The molecule has 0 unspecified atom stereocenters. The average Bonchev–Trinajstić information content (AvgIpc) is 3.50. The van der Waals surface area contributed by atoms with Gasteiger partial charge in [-0.15, -0.1) is 0 Å². The number of likely N-dealkylation sites (N-methyl/N-ethyl adjacent to an activating group) is 1. The van der Waals surface area contributed by atoms with Crippen LogP contribution in [0.25, 0.3) is 11.2 Å². The van der Waals surface area contributed by atoms with Gasteiger partial charge in [-0.1, -0.05) is 12.8 Å². The number of imidazole rings is 1. The number of aliphatic hydroxyl groups is 2. The maximum absolute atomic E-state index is 10.7. The van der Waals surface area contributed by atoms with Crippen molar-refractivity contribution in [3.63, 3.8) is 0 Å². The Hall–Kier alpha value is -2.27. The van der Waals surface area contributed by atoms with Gasteiger partial charge in [0.15, 0.2) is 23.2 Å². The molecule has 2 aromatic rings. The van der Waals surface area contributed by atoms with Gasteiger partial charge in [0.25, 0.3) is 0 Å². The van der Waals surface area contributed by atoms with Gasteiger partial charge in [-0.2, -0.15) is 0 Å². The molecule has 4 heterocycles. The van der Waals surface area contributed by atoms with Gasteiger partial charge in [-0.3, -0.25) is 4.57 Å². The molecule has 2 aromatic heterocycles. The molecular weight excluding hydrogens is 398 g/mol. The van der Waals surface area contributed by atoms with Crippen LogP contribution in [-0.2, 0) is 4.74 Å². The van der Waals surface area contributed by atoms with E-state index >= 15 is 0 Å². The first-order valence-electron chi connectivity index (χ1n) is 11.2. The molecule has 1 saturated carbocycles. The number of aromatic nitrogens is 4. The van der Waals surface area contributed by atoms with Gasteiger partial charge in [0.2, 0.25) is 0 Å². The van der Waals surface area contributed by atoms with Crippen molar-refractivity contribution in [1.29, 1.82) is 0 Å². The molecule has 2 aliphatic heterocycles. The summed E-state index contributed by atoms with van der Waals surface area (Å²) in [5.74, 6) is 0.704. The van der Waals surface area contributed by atoms with E-state index < -0.39 is 24.5 Å². The molecule has 0 radical (unpaired) electrons. The zero-order valence-corrected chi connectivity index (χ0v) is 17.8. The molecule has 3 N–H and O–H groups in total. The predicted octanol–water partition coefficient (Wildman–Crippen LogP) is 0.561. The Morgan fingerprint density at radius 2 is 1.84 bits per heavy atom. The van der Waals surface area contributed by atoms with Crippen LogP contribution in [0.3, 0.4) is 0 Å². The van der Waals surface area contributed by atoms with Crippen LogP contribution in [-0.4, -0.2) is 97.1 Å². The molecule has 2 saturated heterocycles. The number of fused-ring (bicyclic) bond motifs is 1. The van der Waals surface area contributed by atoms with Gasteiger partial charge >= 0.3 is 0 Å². The molecule has 0 aromatic carbocycles. The summed E-state index contributed by atoms with van der Waals surface area (Å²) in [4.78, 5) is 17.7. The van der Waals surface area contributed by atoms with Crippen molar-refractivity contribution in [1.82, 2.24) is 29.3 Å². The molecule has 0 bridgehead atoms. The number of hydrogen-bond donors (Lipinski definition) is 3. The van der Waals surface area contributed by atoms with Crippen molar-refractivity contribution < 1.29 is 14.9 Å². The number of hydrogen-bond acceptors (Lipinski definition) is 9. The van der Waals surface area contributed by atoms with Gasteiger partial charge in [-0.05, 0) is 32.2 Å². The third-order valence-electron chi connectivity index (χ3n) is 6.63. The van der Waals surface area contributed by atoms with Crippen LogP contribution >= 0.6 is 0 Å². The first kappa shape index (κ1) is 20.6. The standard InChI is InChI=1S/C21H31N7O3/c1-26-8-10-27(11-9-26)7-6-15-17(29)18(30)21(31-15)28-13-24-16-19(22-12-23-20(16)28)25-14-4-2-3-5-14/h6-7,12-15,17-18,21,29-30H,2-5,8-11H2,1H3,(H,22,23,25)/t15-,17-,18-,21-/m1/s1. The summed E-state index contributed by atoms with van der Waals surface area (Å²) in [5, 5.41) is 24.8. The zero-order chi connectivity index (χ0) is 21.4. The van der Waals surface area contributed by atoms with E-state index in [1.165, 1.54) is 19.2 Å². The lowest BCUT2D eigenvalue weighted by Crippen LogP contribution is -2.42. The van der Waals surface area contributed by atoms with Crippen molar-refractivity contribution in [2.24, 2.45) is 0 Å². The highest BCUT2D eigenvalue weighted by Crippen LogP contribution is 2.33. The Morgan fingerprint density at radius 3 is 2.61 bits per heavy atom. The van der Waals surface area contributed by atoms with E-state index in [1.54, 1.807) is 10.9 Å². The fraction of sp³-hybridized carbons (Fsp3) is 0.667. The SMILES string of the molecule is CN1CCN(C=C[C@H]2O[C@@H](n3cnc4c(NC5CCCC5)ncnc43)[C@H](O)[C@@H]2O)CC1. The lowest BCUT2D eigenvalue weighted by molar-refractivity contribution is -0.0246. The van der Waals surface area contributed by atoms with Crippen molar-refractivity contribution >= 4 is 17.0 Å². The van der Waals surface area contributed by atoms with Crippen LogP contribution in [0.15, 0.2) is 24.9 Å². The molecule has 3 fully saturated rings. The van der Waals surface area contributed by atoms with Crippen LogP contribution in [0.5, 0.6) is 0 Å². The minimum atomic E-state index is -1.08. The third kappa shape index (κ3) is 4.12. The average molecular weight is 430 g/mol. The highest BCUT2D eigenvalue weighted by Gasteiger charge is 2.43. The Balaban J connectivity index is 1.32. The van der Waals surface area contributed by atoms with Crippen LogP contribution in [0, 0.1) is 0 Å². The zero-order valence-electron chi connectivity index (χ0n) is 17.8. The van der Waals surface area contributed by atoms with E-state index in [-0.39, 0.29) is 0 Å². The van der Waals surface area contributed by atoms with Gasteiger partial charge in [0.1, 0.15) is 24.6 Å². The molecule has 4 atom stereocenters. The van der Waals surface area contributed by atoms with Crippen LogP contribution in [0.4, 0.5) is 5.82 Å². The summed E-state index contributed by atoms with van der Waals surface area (Å²) in [6.45, 7) is 3.87. The first-order valence-corrected chi connectivity index (χ1v) is 11.2. The van der Waals surface area contributed by atoms with Crippen molar-refractivity contribution in [3.05, 3.63) is 24.9 Å². The molecule has 3 aliphatic rings. The normalized spacial score (nSPS) is 30.7. The minimum Gasteiger partial charge on any atom is -0.387 e. The Kier molecular flexibility index (Phi) is 5.79. The van der Waals surface area contributed by atoms with Crippen LogP contribution < -0.4 is 5.32 Å². The fourth-order valence-electron chi connectivity index (χ4n) is 4.66. The molecule has 5 rings (SSSR count). The van der Waals surface area contributed by atoms with Crippen molar-refractivity contribution in [2.75, 3.05) is 38.5 Å². The molecular formula is C21H31N7O3. The lowest BCUT2D eigenvalue weighted by atomic mass is 10.1. The summed E-state index contributed by atoms with van der Waals surface area (Å²) in [6, 6.07) is 0.405. The fourth-order valence-corrected chi connectivity index (χ4v) is 4.66. The molecule has 0 spiro atoms. The smallest absolute Gasteiger partial charge is 0.167 e. The monoisotopic (exact) mass is 429 g/mol. The van der Waals surface area contributed by atoms with Crippen LogP contribution in [0.1, 0.15) is 31.9 Å². The summed E-state index contributed by atoms with van der Waals surface area (Å²) in [5.41, 5.74) is 1.23. The second kappa shape index (κ2) is 8.70. The summed E-state index contributed by atoms with van der Waals surface area (Å²) in [7, 11) is 2.11. The van der Waals surface area contributed by atoms with E-state index in [1.807, 2.05) is 12.3 Å². The van der Waals surface area contributed by atoms with E-state index in [9.17, 15) is 10.2 Å². The highest BCUT2D eigenvalue weighted by molar-refractivity contribution is 5.82. The van der Waals surface area contributed by atoms with Gasteiger partial charge in [-0.25, -0.2) is 15.0 Å². The first-order chi connectivity index (χ1) is 15.1. The molecule has 168 valence electrons. The molecule has 10 heteroatoms. The number of aliphatic hydroxyl groups excluding tert-OH is 2.